The lowest BCUT2D eigenvalue weighted by Crippen LogP contribution is -2.43. The zero-order chi connectivity index (χ0) is 14.0. The van der Waals surface area contributed by atoms with Crippen LogP contribution in [-0.4, -0.2) is 24.2 Å². The van der Waals surface area contributed by atoms with Crippen LogP contribution < -0.4 is 0 Å². The van der Waals surface area contributed by atoms with Gasteiger partial charge in [0.15, 0.2) is 0 Å². The maximum Gasteiger partial charge on any atom is 0.130 e. The molecule has 1 aromatic carbocycles. The molecule has 2 unspecified atom stereocenters. The molecular formula is C15H20F3N. The molecule has 0 aromatic heterocycles. The van der Waals surface area contributed by atoms with E-state index in [9.17, 15) is 13.2 Å². The second-order valence-corrected chi connectivity index (χ2v) is 5.65. The lowest BCUT2D eigenvalue weighted by atomic mass is 9.86. The van der Waals surface area contributed by atoms with Crippen LogP contribution in [0.2, 0.25) is 0 Å². The molecule has 0 radical (unpaired) electrons. The first-order chi connectivity index (χ1) is 8.99. The van der Waals surface area contributed by atoms with Gasteiger partial charge in [0.2, 0.25) is 0 Å². The van der Waals surface area contributed by atoms with Crippen molar-refractivity contribution >= 4 is 0 Å². The number of alkyl halides is 1. The molecule has 0 saturated carbocycles. The van der Waals surface area contributed by atoms with Crippen molar-refractivity contribution in [1.29, 1.82) is 0 Å². The summed E-state index contributed by atoms with van der Waals surface area (Å²) >= 11 is 0. The first kappa shape index (κ1) is 14.4. The van der Waals surface area contributed by atoms with E-state index in [0.29, 0.717) is 19.5 Å². The summed E-state index contributed by atoms with van der Waals surface area (Å²) in [6.07, 6.45) is -0.361. The molecule has 4 heteroatoms. The maximum absolute atomic E-state index is 13.8. The number of nitrogens with zero attached hydrogens (tertiary/aromatic N) is 1. The summed E-state index contributed by atoms with van der Waals surface area (Å²) in [4.78, 5) is 1.95. The fraction of sp³-hybridized carbons (Fsp3) is 0.600. The fourth-order valence-electron chi connectivity index (χ4n) is 2.70. The monoisotopic (exact) mass is 271 g/mol. The van der Waals surface area contributed by atoms with E-state index in [1.807, 2.05) is 18.7 Å². The summed E-state index contributed by atoms with van der Waals surface area (Å²) in [7, 11) is 0. The van der Waals surface area contributed by atoms with Gasteiger partial charge in [-0.15, -0.1) is 0 Å². The quantitative estimate of drug-likeness (QED) is 0.808. The fourth-order valence-corrected chi connectivity index (χ4v) is 2.70. The Morgan fingerprint density at radius 3 is 2.47 bits per heavy atom. The summed E-state index contributed by atoms with van der Waals surface area (Å²) in [5, 5.41) is 0. The van der Waals surface area contributed by atoms with E-state index in [4.69, 9.17) is 0 Å². The van der Waals surface area contributed by atoms with Crippen LogP contribution in [0.15, 0.2) is 18.2 Å². The second-order valence-electron chi connectivity index (χ2n) is 5.65. The lowest BCUT2D eigenvalue weighted by molar-refractivity contribution is 0.0564. The van der Waals surface area contributed by atoms with Crippen molar-refractivity contribution < 1.29 is 13.2 Å². The van der Waals surface area contributed by atoms with Gasteiger partial charge in [0.05, 0.1) is 0 Å². The summed E-state index contributed by atoms with van der Waals surface area (Å²) < 4.78 is 41.0. The zero-order valence-electron chi connectivity index (χ0n) is 11.4. The highest BCUT2D eigenvalue weighted by Gasteiger charge is 2.31. The summed E-state index contributed by atoms with van der Waals surface area (Å²) in [6.45, 7) is 5.31. The first-order valence-electron chi connectivity index (χ1n) is 6.78. The largest absolute Gasteiger partial charge is 0.298 e. The highest BCUT2D eigenvalue weighted by Crippen LogP contribution is 2.28. The van der Waals surface area contributed by atoms with E-state index in [-0.39, 0.29) is 23.9 Å². The minimum atomic E-state index is -0.804. The van der Waals surface area contributed by atoms with Crippen LogP contribution in [0, 0.1) is 23.5 Å². The Morgan fingerprint density at radius 2 is 1.89 bits per heavy atom. The van der Waals surface area contributed by atoms with Gasteiger partial charge in [-0.3, -0.25) is 4.90 Å². The molecule has 1 aliphatic rings. The average Bonchev–Trinajstić information content (AvgIpc) is 2.35. The van der Waals surface area contributed by atoms with Crippen LogP contribution in [0.4, 0.5) is 13.2 Å². The van der Waals surface area contributed by atoms with Crippen molar-refractivity contribution in [3.63, 3.8) is 0 Å². The molecule has 0 bridgehead atoms. The van der Waals surface area contributed by atoms with Gasteiger partial charge in [-0.1, -0.05) is 19.9 Å². The van der Waals surface area contributed by atoms with E-state index >= 15 is 0 Å². The molecule has 2 rings (SSSR count). The van der Waals surface area contributed by atoms with Gasteiger partial charge in [-0.25, -0.2) is 13.2 Å². The molecule has 1 nitrogen and oxygen atoms in total. The molecular weight excluding hydrogens is 251 g/mol. The Labute approximate surface area is 112 Å². The van der Waals surface area contributed by atoms with E-state index in [1.165, 1.54) is 18.2 Å². The highest BCUT2D eigenvalue weighted by molar-refractivity contribution is 5.19. The Morgan fingerprint density at radius 1 is 1.26 bits per heavy atom. The lowest BCUT2D eigenvalue weighted by Gasteiger charge is -2.37. The third-order valence-corrected chi connectivity index (χ3v) is 3.95. The normalized spacial score (nSPS) is 24.9. The van der Waals surface area contributed by atoms with Gasteiger partial charge in [-0.05, 0) is 24.5 Å². The minimum Gasteiger partial charge on any atom is -0.298 e. The molecule has 1 heterocycles. The number of hydrogen-bond donors (Lipinski definition) is 0. The number of halogens is 3. The number of hydrogen-bond acceptors (Lipinski definition) is 1. The van der Waals surface area contributed by atoms with E-state index in [1.54, 1.807) is 0 Å². The van der Waals surface area contributed by atoms with Crippen molar-refractivity contribution in [3.8, 4) is 0 Å². The van der Waals surface area contributed by atoms with Crippen LogP contribution in [0.25, 0.3) is 0 Å². The van der Waals surface area contributed by atoms with E-state index in [2.05, 4.69) is 0 Å². The molecule has 2 atom stereocenters. The van der Waals surface area contributed by atoms with Gasteiger partial charge in [0.1, 0.15) is 17.8 Å². The SMILES string of the molecule is CC(C)C1CN(Cc2c(F)cccc2F)CCC1F. The van der Waals surface area contributed by atoms with Gasteiger partial charge >= 0.3 is 0 Å². The number of piperidine rings is 1. The number of likely N-dealkylation sites (tertiary alicyclic amines) is 1. The van der Waals surface area contributed by atoms with Gasteiger partial charge in [0.25, 0.3) is 0 Å². The molecule has 0 N–H and O–H groups in total. The number of rotatable bonds is 3. The Balaban J connectivity index is 2.07. The van der Waals surface area contributed by atoms with Gasteiger partial charge in [-0.2, -0.15) is 0 Å². The molecule has 1 fully saturated rings. The van der Waals surface area contributed by atoms with Gasteiger partial charge in [0, 0.05) is 31.1 Å². The molecule has 0 aliphatic carbocycles. The van der Waals surface area contributed by atoms with Crippen LogP contribution in [0.3, 0.4) is 0 Å². The molecule has 1 aliphatic heterocycles. The topological polar surface area (TPSA) is 3.24 Å². The summed E-state index contributed by atoms with van der Waals surface area (Å²) in [6, 6.07) is 3.89. The average molecular weight is 271 g/mol. The maximum atomic E-state index is 13.8. The van der Waals surface area contributed by atoms with Crippen LogP contribution in [-0.2, 0) is 6.54 Å². The Bertz CT molecular complexity index is 413. The molecule has 0 amide bonds. The van der Waals surface area contributed by atoms with Crippen molar-refractivity contribution in [1.82, 2.24) is 4.90 Å². The first-order valence-corrected chi connectivity index (χ1v) is 6.78. The molecule has 0 spiro atoms. The van der Waals surface area contributed by atoms with E-state index in [0.717, 1.165) is 0 Å². The predicted molar refractivity (Wildman–Crippen MR) is 69.5 cm³/mol. The van der Waals surface area contributed by atoms with Crippen molar-refractivity contribution in [2.75, 3.05) is 13.1 Å². The Hall–Kier alpha value is -1.03. The van der Waals surface area contributed by atoms with Crippen LogP contribution in [0.1, 0.15) is 25.8 Å². The number of benzene rings is 1. The van der Waals surface area contributed by atoms with Gasteiger partial charge < -0.3 is 0 Å². The Kier molecular flexibility index (Phi) is 4.50. The second kappa shape index (κ2) is 5.95. The smallest absolute Gasteiger partial charge is 0.130 e. The third kappa shape index (κ3) is 3.30. The summed E-state index contributed by atoms with van der Waals surface area (Å²) in [5.41, 5.74) is 0.0855. The van der Waals surface area contributed by atoms with E-state index < -0.39 is 17.8 Å². The van der Waals surface area contributed by atoms with Crippen LogP contribution in [0.5, 0.6) is 0 Å². The standard InChI is InChI=1S/C15H20F3N/c1-10(2)11-8-19(7-6-15(11)18)9-12-13(16)4-3-5-14(12)17/h3-5,10-11,15H,6-9H2,1-2H3. The van der Waals surface area contributed by atoms with Crippen LogP contribution >= 0.6 is 0 Å². The predicted octanol–water partition coefficient (Wildman–Crippen LogP) is 3.78. The van der Waals surface area contributed by atoms with Crippen molar-refractivity contribution in [2.24, 2.45) is 11.8 Å². The summed E-state index contributed by atoms with van der Waals surface area (Å²) in [5.74, 6) is -0.862. The zero-order valence-corrected chi connectivity index (χ0v) is 11.4. The van der Waals surface area contributed by atoms with Crippen molar-refractivity contribution in [3.05, 3.63) is 35.4 Å². The van der Waals surface area contributed by atoms with Crippen molar-refractivity contribution in [2.45, 2.75) is 33.0 Å². The molecule has 1 aromatic rings. The molecule has 106 valence electrons. The third-order valence-electron chi connectivity index (χ3n) is 3.95. The molecule has 19 heavy (non-hydrogen) atoms. The molecule has 1 saturated heterocycles. The minimum absolute atomic E-state index is 0.0522. The highest BCUT2D eigenvalue weighted by atomic mass is 19.1.